The molecule has 2 rings (SSSR count). The fourth-order valence-corrected chi connectivity index (χ4v) is 3.69. The monoisotopic (exact) mass is 381 g/mol. The lowest BCUT2D eigenvalue weighted by Gasteiger charge is -2.36. The standard InChI is InChI=1S/C19H28FN3O2S/c1-14(2)12-22-8-10-23(11-9-22)19(25)15(3)26-13-18(24)21-17-6-4-16(20)5-7-17/h4-7,14-15H,8-13H2,1-3H3,(H,21,24). The minimum atomic E-state index is -0.343. The van der Waals surface area contributed by atoms with Crippen LogP contribution in [0.25, 0.3) is 0 Å². The molecule has 0 aromatic heterocycles. The highest BCUT2D eigenvalue weighted by Gasteiger charge is 2.25. The van der Waals surface area contributed by atoms with Crippen LogP contribution >= 0.6 is 11.8 Å². The molecule has 1 aliphatic rings. The summed E-state index contributed by atoms with van der Waals surface area (Å²) in [5, 5.41) is 2.45. The van der Waals surface area contributed by atoms with Crippen LogP contribution < -0.4 is 5.32 Å². The molecular weight excluding hydrogens is 353 g/mol. The molecule has 1 unspecified atom stereocenters. The molecule has 1 atom stereocenters. The minimum Gasteiger partial charge on any atom is -0.339 e. The van der Waals surface area contributed by atoms with E-state index in [9.17, 15) is 14.0 Å². The molecule has 1 aromatic rings. The molecular formula is C19H28FN3O2S. The molecule has 1 aromatic carbocycles. The van der Waals surface area contributed by atoms with Gasteiger partial charge in [0.1, 0.15) is 5.82 Å². The number of anilines is 1. The number of carbonyl (C=O) groups is 2. The van der Waals surface area contributed by atoms with Gasteiger partial charge in [0.15, 0.2) is 0 Å². The molecule has 0 saturated carbocycles. The quantitative estimate of drug-likeness (QED) is 0.789. The van der Waals surface area contributed by atoms with Gasteiger partial charge in [-0.1, -0.05) is 13.8 Å². The van der Waals surface area contributed by atoms with E-state index in [0.717, 1.165) is 32.7 Å². The lowest BCUT2D eigenvalue weighted by Crippen LogP contribution is -2.51. The van der Waals surface area contributed by atoms with Crippen molar-refractivity contribution >= 4 is 29.3 Å². The Morgan fingerprint density at radius 3 is 2.31 bits per heavy atom. The van der Waals surface area contributed by atoms with Crippen molar-refractivity contribution in [2.75, 3.05) is 43.8 Å². The number of piperazine rings is 1. The third-order valence-electron chi connectivity index (χ3n) is 4.25. The summed E-state index contributed by atoms with van der Waals surface area (Å²) >= 11 is 1.33. The van der Waals surface area contributed by atoms with Gasteiger partial charge in [0.2, 0.25) is 11.8 Å². The molecule has 1 N–H and O–H groups in total. The number of halogens is 1. The molecule has 2 amide bonds. The van der Waals surface area contributed by atoms with Crippen LogP contribution in [-0.4, -0.2) is 65.3 Å². The molecule has 26 heavy (non-hydrogen) atoms. The Labute approximate surface area is 159 Å². The van der Waals surface area contributed by atoms with E-state index >= 15 is 0 Å². The summed E-state index contributed by atoms with van der Waals surface area (Å²) < 4.78 is 12.9. The average molecular weight is 382 g/mol. The van der Waals surface area contributed by atoms with E-state index < -0.39 is 0 Å². The Morgan fingerprint density at radius 2 is 1.73 bits per heavy atom. The summed E-state index contributed by atoms with van der Waals surface area (Å²) in [5.74, 6) is 0.380. The van der Waals surface area contributed by atoms with Crippen molar-refractivity contribution in [3.8, 4) is 0 Å². The first-order chi connectivity index (χ1) is 12.3. The highest BCUT2D eigenvalue weighted by molar-refractivity contribution is 8.01. The fourth-order valence-electron chi connectivity index (χ4n) is 2.93. The molecule has 0 radical (unpaired) electrons. The van der Waals surface area contributed by atoms with Gasteiger partial charge in [-0.2, -0.15) is 0 Å². The van der Waals surface area contributed by atoms with Gasteiger partial charge in [-0.15, -0.1) is 11.8 Å². The van der Waals surface area contributed by atoms with Crippen molar-refractivity contribution < 1.29 is 14.0 Å². The predicted molar refractivity (Wildman–Crippen MR) is 105 cm³/mol. The first kappa shape index (κ1) is 20.7. The first-order valence-electron chi connectivity index (χ1n) is 9.03. The molecule has 7 heteroatoms. The van der Waals surface area contributed by atoms with E-state index in [0.29, 0.717) is 11.6 Å². The molecule has 1 heterocycles. The van der Waals surface area contributed by atoms with Crippen molar-refractivity contribution in [1.82, 2.24) is 9.80 Å². The van der Waals surface area contributed by atoms with Crippen LogP contribution in [0.5, 0.6) is 0 Å². The van der Waals surface area contributed by atoms with Gasteiger partial charge >= 0.3 is 0 Å². The van der Waals surface area contributed by atoms with E-state index in [1.54, 1.807) is 0 Å². The van der Waals surface area contributed by atoms with Crippen LogP contribution in [0.4, 0.5) is 10.1 Å². The molecule has 5 nitrogen and oxygen atoms in total. The lowest BCUT2D eigenvalue weighted by molar-refractivity contribution is -0.132. The average Bonchev–Trinajstić information content (AvgIpc) is 2.61. The van der Waals surface area contributed by atoms with E-state index in [1.807, 2.05) is 11.8 Å². The first-order valence-corrected chi connectivity index (χ1v) is 10.1. The van der Waals surface area contributed by atoms with Crippen LogP contribution in [0.15, 0.2) is 24.3 Å². The number of nitrogens with zero attached hydrogens (tertiary/aromatic N) is 2. The van der Waals surface area contributed by atoms with Gasteiger partial charge in [0.25, 0.3) is 0 Å². The number of hydrogen-bond acceptors (Lipinski definition) is 4. The second-order valence-corrected chi connectivity index (χ2v) is 8.36. The van der Waals surface area contributed by atoms with Crippen LogP contribution in [0.1, 0.15) is 20.8 Å². The summed E-state index contributed by atoms with van der Waals surface area (Å²) in [6.45, 7) is 10.6. The van der Waals surface area contributed by atoms with Crippen molar-refractivity contribution in [2.45, 2.75) is 26.0 Å². The van der Waals surface area contributed by atoms with Crippen molar-refractivity contribution in [1.29, 1.82) is 0 Å². The van der Waals surface area contributed by atoms with E-state index in [2.05, 4.69) is 24.1 Å². The molecule has 1 fully saturated rings. The van der Waals surface area contributed by atoms with Crippen LogP contribution in [0.2, 0.25) is 0 Å². The Balaban J connectivity index is 1.71. The largest absolute Gasteiger partial charge is 0.339 e. The zero-order valence-electron chi connectivity index (χ0n) is 15.7. The third kappa shape index (κ3) is 6.61. The van der Waals surface area contributed by atoms with E-state index in [-0.39, 0.29) is 28.6 Å². The maximum atomic E-state index is 12.9. The van der Waals surface area contributed by atoms with E-state index in [1.165, 1.54) is 36.0 Å². The van der Waals surface area contributed by atoms with Gasteiger partial charge in [-0.05, 0) is 37.1 Å². The van der Waals surface area contributed by atoms with Crippen LogP contribution in [-0.2, 0) is 9.59 Å². The number of rotatable bonds is 7. The van der Waals surface area contributed by atoms with Gasteiger partial charge in [-0.25, -0.2) is 4.39 Å². The Hall–Kier alpha value is -1.60. The molecule has 1 aliphatic heterocycles. The number of nitrogens with one attached hydrogen (secondary N) is 1. The Morgan fingerprint density at radius 1 is 1.12 bits per heavy atom. The molecule has 144 valence electrons. The van der Waals surface area contributed by atoms with Crippen LogP contribution in [0, 0.1) is 11.7 Å². The lowest BCUT2D eigenvalue weighted by atomic mass is 10.2. The summed E-state index contributed by atoms with van der Waals surface area (Å²) in [6.07, 6.45) is 0. The zero-order chi connectivity index (χ0) is 19.1. The molecule has 1 saturated heterocycles. The van der Waals surface area contributed by atoms with Crippen molar-refractivity contribution in [2.24, 2.45) is 5.92 Å². The third-order valence-corrected chi connectivity index (χ3v) is 5.38. The summed E-state index contributed by atoms with van der Waals surface area (Å²) in [5.41, 5.74) is 0.553. The van der Waals surface area contributed by atoms with Crippen molar-refractivity contribution in [3.63, 3.8) is 0 Å². The number of benzene rings is 1. The maximum absolute atomic E-state index is 12.9. The van der Waals surface area contributed by atoms with E-state index in [4.69, 9.17) is 0 Å². The van der Waals surface area contributed by atoms with Crippen molar-refractivity contribution in [3.05, 3.63) is 30.1 Å². The SMILES string of the molecule is CC(C)CN1CCN(C(=O)C(C)SCC(=O)Nc2ccc(F)cc2)CC1. The van der Waals surface area contributed by atoms with Gasteiger partial charge < -0.3 is 10.2 Å². The molecule has 0 bridgehead atoms. The molecule has 0 aliphatic carbocycles. The van der Waals surface area contributed by atoms with Gasteiger partial charge in [0, 0.05) is 38.4 Å². The smallest absolute Gasteiger partial charge is 0.235 e. The second-order valence-electron chi connectivity index (χ2n) is 7.03. The minimum absolute atomic E-state index is 0.0915. The zero-order valence-corrected chi connectivity index (χ0v) is 16.5. The maximum Gasteiger partial charge on any atom is 0.235 e. The summed E-state index contributed by atoms with van der Waals surface area (Å²) in [6, 6.07) is 5.63. The van der Waals surface area contributed by atoms with Gasteiger partial charge in [0.05, 0.1) is 11.0 Å². The Bertz CT molecular complexity index is 601. The molecule has 0 spiro atoms. The number of amides is 2. The highest BCUT2D eigenvalue weighted by atomic mass is 32.2. The summed E-state index contributed by atoms with van der Waals surface area (Å²) in [4.78, 5) is 28.8. The predicted octanol–water partition coefficient (Wildman–Crippen LogP) is 2.69. The highest BCUT2D eigenvalue weighted by Crippen LogP contribution is 2.16. The number of carbonyl (C=O) groups excluding carboxylic acids is 2. The van der Waals surface area contributed by atoms with Gasteiger partial charge in [-0.3, -0.25) is 14.5 Å². The Kier molecular flexibility index (Phi) is 7.90. The fraction of sp³-hybridized carbons (Fsp3) is 0.579. The normalized spacial score (nSPS) is 16.6. The topological polar surface area (TPSA) is 52.7 Å². The van der Waals surface area contributed by atoms with Crippen LogP contribution in [0.3, 0.4) is 0 Å². The number of thioether (sulfide) groups is 1. The second kappa shape index (κ2) is 9.92. The summed E-state index contributed by atoms with van der Waals surface area (Å²) in [7, 11) is 0. The number of hydrogen-bond donors (Lipinski definition) is 1.